The second kappa shape index (κ2) is 9.71. The molecule has 1 amide bonds. The second-order valence-electron chi connectivity index (χ2n) is 7.73. The van der Waals surface area contributed by atoms with Gasteiger partial charge < -0.3 is 14.8 Å². The molecule has 0 atom stereocenters. The van der Waals surface area contributed by atoms with Crippen molar-refractivity contribution in [1.29, 1.82) is 0 Å². The Morgan fingerprint density at radius 1 is 1.10 bits per heavy atom. The average molecular weight is 444 g/mol. The van der Waals surface area contributed by atoms with Crippen LogP contribution in [0.4, 0.5) is 5.69 Å². The van der Waals surface area contributed by atoms with Crippen LogP contribution in [0.25, 0.3) is 10.1 Å². The maximum Gasteiger partial charge on any atom is 0.267 e. The van der Waals surface area contributed by atoms with Crippen LogP contribution in [-0.4, -0.2) is 19.6 Å². The SMILES string of the molecule is COc1ccc2c(Cl)c(C(=O)Nc3ccc(OCCC4CCCCC4)cc3)sc2c1. The highest BCUT2D eigenvalue weighted by Gasteiger charge is 2.18. The van der Waals surface area contributed by atoms with Crippen LogP contribution in [0.3, 0.4) is 0 Å². The number of anilines is 1. The minimum atomic E-state index is -0.217. The summed E-state index contributed by atoms with van der Waals surface area (Å²) in [5.74, 6) is 2.16. The smallest absolute Gasteiger partial charge is 0.267 e. The average Bonchev–Trinajstić information content (AvgIpc) is 3.11. The Balaban J connectivity index is 1.35. The van der Waals surface area contributed by atoms with Gasteiger partial charge in [-0.25, -0.2) is 0 Å². The summed E-state index contributed by atoms with van der Waals surface area (Å²) in [5.41, 5.74) is 0.714. The van der Waals surface area contributed by atoms with Crippen LogP contribution in [0, 0.1) is 5.92 Å². The van der Waals surface area contributed by atoms with Crippen molar-refractivity contribution in [2.45, 2.75) is 38.5 Å². The van der Waals surface area contributed by atoms with Crippen molar-refractivity contribution in [2.75, 3.05) is 19.0 Å². The van der Waals surface area contributed by atoms with Gasteiger partial charge in [0, 0.05) is 15.8 Å². The monoisotopic (exact) mass is 443 g/mol. The molecular formula is C24H26ClNO3S. The lowest BCUT2D eigenvalue weighted by Gasteiger charge is -2.21. The number of hydrogen-bond donors (Lipinski definition) is 1. The third kappa shape index (κ3) is 4.90. The van der Waals surface area contributed by atoms with Crippen molar-refractivity contribution in [2.24, 2.45) is 5.92 Å². The first-order chi connectivity index (χ1) is 14.6. The Morgan fingerprint density at radius 2 is 1.83 bits per heavy atom. The fourth-order valence-electron chi connectivity index (χ4n) is 3.96. The third-order valence-electron chi connectivity index (χ3n) is 5.67. The van der Waals surface area contributed by atoms with E-state index in [0.717, 1.165) is 40.5 Å². The van der Waals surface area contributed by atoms with E-state index in [0.29, 0.717) is 15.6 Å². The largest absolute Gasteiger partial charge is 0.497 e. The van der Waals surface area contributed by atoms with Crippen LogP contribution in [-0.2, 0) is 0 Å². The summed E-state index contributed by atoms with van der Waals surface area (Å²) >= 11 is 7.81. The van der Waals surface area contributed by atoms with Crippen LogP contribution in [0.1, 0.15) is 48.2 Å². The van der Waals surface area contributed by atoms with E-state index >= 15 is 0 Å². The van der Waals surface area contributed by atoms with Crippen molar-refractivity contribution < 1.29 is 14.3 Å². The molecule has 30 heavy (non-hydrogen) atoms. The normalized spacial score (nSPS) is 14.6. The summed E-state index contributed by atoms with van der Waals surface area (Å²) in [5, 5.41) is 4.25. The molecule has 1 saturated carbocycles. The third-order valence-corrected chi connectivity index (χ3v) is 7.33. The van der Waals surface area contributed by atoms with Gasteiger partial charge in [-0.1, -0.05) is 43.7 Å². The first-order valence-electron chi connectivity index (χ1n) is 10.4. The van der Waals surface area contributed by atoms with E-state index in [2.05, 4.69) is 5.32 Å². The van der Waals surface area contributed by atoms with E-state index in [4.69, 9.17) is 21.1 Å². The van der Waals surface area contributed by atoms with Crippen LogP contribution in [0.5, 0.6) is 11.5 Å². The first kappa shape index (κ1) is 21.0. The van der Waals surface area contributed by atoms with E-state index in [1.165, 1.54) is 43.4 Å². The number of amides is 1. The van der Waals surface area contributed by atoms with Crippen molar-refractivity contribution in [1.82, 2.24) is 0 Å². The Labute approximate surface area is 186 Å². The molecule has 4 nitrogen and oxygen atoms in total. The molecule has 1 aliphatic rings. The Kier molecular flexibility index (Phi) is 6.80. The first-order valence-corrected chi connectivity index (χ1v) is 11.6. The number of carbonyl (C=O) groups excluding carboxylic acids is 1. The number of thiophene rings is 1. The summed E-state index contributed by atoms with van der Waals surface area (Å²) in [4.78, 5) is 13.2. The number of hydrogen-bond acceptors (Lipinski definition) is 4. The molecule has 3 aromatic rings. The van der Waals surface area contributed by atoms with Crippen LogP contribution in [0.15, 0.2) is 42.5 Å². The molecule has 1 aromatic heterocycles. The van der Waals surface area contributed by atoms with Gasteiger partial charge in [0.1, 0.15) is 16.4 Å². The van der Waals surface area contributed by atoms with Crippen molar-refractivity contribution in [3.8, 4) is 11.5 Å². The molecule has 6 heteroatoms. The number of benzene rings is 2. The molecule has 0 aliphatic heterocycles. The molecular weight excluding hydrogens is 418 g/mol. The molecule has 4 rings (SSSR count). The Morgan fingerprint density at radius 3 is 2.57 bits per heavy atom. The lowest BCUT2D eigenvalue weighted by atomic mass is 9.87. The number of nitrogens with one attached hydrogen (secondary N) is 1. The minimum Gasteiger partial charge on any atom is -0.497 e. The summed E-state index contributed by atoms with van der Waals surface area (Å²) in [6, 6.07) is 13.1. The zero-order valence-corrected chi connectivity index (χ0v) is 18.7. The van der Waals surface area contributed by atoms with Gasteiger partial charge in [-0.05, 0) is 54.8 Å². The summed E-state index contributed by atoms with van der Waals surface area (Å²) < 4.78 is 12.1. The highest BCUT2D eigenvalue weighted by atomic mass is 35.5. The quantitative estimate of drug-likeness (QED) is 0.421. The molecule has 0 unspecified atom stereocenters. The fourth-order valence-corrected chi connectivity index (χ4v) is 5.40. The van der Waals surface area contributed by atoms with Gasteiger partial charge in [0.15, 0.2) is 0 Å². The van der Waals surface area contributed by atoms with E-state index in [1.807, 2.05) is 42.5 Å². The van der Waals surface area contributed by atoms with E-state index in [9.17, 15) is 4.79 Å². The van der Waals surface area contributed by atoms with E-state index < -0.39 is 0 Å². The van der Waals surface area contributed by atoms with Crippen LogP contribution >= 0.6 is 22.9 Å². The lowest BCUT2D eigenvalue weighted by molar-refractivity contribution is 0.103. The van der Waals surface area contributed by atoms with Crippen LogP contribution < -0.4 is 14.8 Å². The maximum atomic E-state index is 12.7. The van der Waals surface area contributed by atoms with E-state index in [1.54, 1.807) is 7.11 Å². The molecule has 0 bridgehead atoms. The summed E-state index contributed by atoms with van der Waals surface area (Å²) in [7, 11) is 1.62. The minimum absolute atomic E-state index is 0.217. The number of rotatable bonds is 7. The van der Waals surface area contributed by atoms with Gasteiger partial charge in [-0.3, -0.25) is 4.79 Å². The number of halogens is 1. The van der Waals surface area contributed by atoms with Crippen molar-refractivity contribution in [3.63, 3.8) is 0 Å². The van der Waals surface area contributed by atoms with Crippen molar-refractivity contribution in [3.05, 3.63) is 52.4 Å². The predicted octanol–water partition coefficient (Wildman–Crippen LogP) is 7.16. The molecule has 1 aliphatic carbocycles. The van der Waals surface area contributed by atoms with Gasteiger partial charge in [0.05, 0.1) is 18.7 Å². The van der Waals surface area contributed by atoms with Crippen LogP contribution in [0.2, 0.25) is 5.02 Å². The van der Waals surface area contributed by atoms with Gasteiger partial charge in [0.25, 0.3) is 5.91 Å². The molecule has 1 fully saturated rings. The molecule has 1 heterocycles. The maximum absolute atomic E-state index is 12.7. The van der Waals surface area contributed by atoms with Gasteiger partial charge >= 0.3 is 0 Å². The highest BCUT2D eigenvalue weighted by molar-refractivity contribution is 7.21. The van der Waals surface area contributed by atoms with Gasteiger partial charge in [0.2, 0.25) is 0 Å². The Hall–Kier alpha value is -2.24. The highest BCUT2D eigenvalue weighted by Crippen LogP contribution is 2.37. The fraction of sp³-hybridized carbons (Fsp3) is 0.375. The number of methoxy groups -OCH3 is 1. The van der Waals surface area contributed by atoms with Gasteiger partial charge in [-0.2, -0.15) is 0 Å². The van der Waals surface area contributed by atoms with Crippen molar-refractivity contribution >= 4 is 44.6 Å². The molecule has 0 spiro atoms. The molecule has 158 valence electrons. The molecule has 0 saturated heterocycles. The number of ether oxygens (including phenoxy) is 2. The molecule has 2 aromatic carbocycles. The zero-order valence-electron chi connectivity index (χ0n) is 17.1. The molecule has 1 N–H and O–H groups in total. The predicted molar refractivity (Wildman–Crippen MR) is 124 cm³/mol. The van der Waals surface area contributed by atoms with Gasteiger partial charge in [-0.15, -0.1) is 11.3 Å². The standard InChI is InChI=1S/C24H26ClNO3S/c1-28-19-11-12-20-21(15-19)30-23(22(20)25)24(27)26-17-7-9-18(10-8-17)29-14-13-16-5-3-2-4-6-16/h7-12,15-16H,2-6,13-14H2,1H3,(H,26,27). The second-order valence-corrected chi connectivity index (χ2v) is 9.16. The topological polar surface area (TPSA) is 47.6 Å². The summed E-state index contributed by atoms with van der Waals surface area (Å²) in [6.45, 7) is 0.747. The number of fused-ring (bicyclic) bond motifs is 1. The summed E-state index contributed by atoms with van der Waals surface area (Å²) in [6.07, 6.45) is 7.88. The Bertz CT molecular complexity index is 1010. The number of carbonyl (C=O) groups is 1. The zero-order chi connectivity index (χ0) is 20.9. The van der Waals surface area contributed by atoms with E-state index in [-0.39, 0.29) is 5.91 Å². The molecule has 0 radical (unpaired) electrons. The lowest BCUT2D eigenvalue weighted by Crippen LogP contribution is -2.11.